The zero-order chi connectivity index (χ0) is 22.6. The van der Waals surface area contributed by atoms with Crippen molar-refractivity contribution in [2.45, 2.75) is 52.2 Å². The molecule has 0 spiro atoms. The van der Waals surface area contributed by atoms with Crippen molar-refractivity contribution in [2.75, 3.05) is 37.6 Å². The Bertz CT molecular complexity index is 926. The first-order valence-electron chi connectivity index (χ1n) is 12.1. The number of nitrogens with zero attached hydrogens (tertiary/aromatic N) is 2. The Kier molecular flexibility index (Phi) is 5.80. The molecule has 1 saturated carbocycles. The van der Waals surface area contributed by atoms with Gasteiger partial charge in [-0.15, -0.1) is 0 Å². The first kappa shape index (κ1) is 22.2. The maximum atomic E-state index is 12.9. The number of benzene rings is 1. The number of anilines is 1. The van der Waals surface area contributed by atoms with Gasteiger partial charge in [-0.2, -0.15) is 0 Å². The number of aliphatic hydroxyl groups is 1. The standard InChI is InChI=1S/C26H35ClN2O3/c1-16-7-8-19(27)14-21(16)29-11-9-28(10-12-29)15-20-23-22(32-25(20)31)13-18-6-4-5-17(2)26(18,3)24(23)30/h6-8,14,17,20,22-24,30H,4-5,9-13,15H2,1-3H3/t17-,20?,22-,23-,24+,26-/m1/s1. The molecule has 1 N–H and O–H groups in total. The number of carbonyl (C=O) groups is 1. The molecule has 1 aromatic rings. The molecule has 0 bridgehead atoms. The van der Waals surface area contributed by atoms with E-state index < -0.39 is 6.10 Å². The number of halogens is 1. The van der Waals surface area contributed by atoms with Crippen molar-refractivity contribution in [1.82, 2.24) is 4.90 Å². The van der Waals surface area contributed by atoms with Gasteiger partial charge in [0, 0.05) is 61.2 Å². The number of carbonyl (C=O) groups excluding carboxylic acids is 1. The molecule has 174 valence electrons. The number of rotatable bonds is 3. The van der Waals surface area contributed by atoms with Crippen LogP contribution in [0.15, 0.2) is 29.8 Å². The molecule has 4 aliphatic rings. The quantitative estimate of drug-likeness (QED) is 0.547. The zero-order valence-corrected chi connectivity index (χ0v) is 20.1. The molecule has 1 aromatic carbocycles. The normalized spacial score (nSPS) is 37.5. The Labute approximate surface area is 196 Å². The lowest BCUT2D eigenvalue weighted by molar-refractivity contribution is -0.145. The second-order valence-electron chi connectivity index (χ2n) is 10.5. The SMILES string of the molecule is Cc1ccc(Cl)cc1N1CCN(CC2C(=O)O[C@@H]3CC4=CCC[C@@H](C)[C@@]4(C)[C@@H](O)[C@H]23)CC1. The van der Waals surface area contributed by atoms with Crippen LogP contribution in [0.25, 0.3) is 0 Å². The van der Waals surface area contributed by atoms with Crippen molar-refractivity contribution < 1.29 is 14.6 Å². The summed E-state index contributed by atoms with van der Waals surface area (Å²) >= 11 is 6.23. The molecule has 1 unspecified atom stereocenters. The number of esters is 1. The fraction of sp³-hybridized carbons (Fsp3) is 0.654. The summed E-state index contributed by atoms with van der Waals surface area (Å²) in [5.74, 6) is -0.0673. The molecule has 3 fully saturated rings. The first-order chi connectivity index (χ1) is 15.3. The highest BCUT2D eigenvalue weighted by Gasteiger charge is 2.59. The number of fused-ring (bicyclic) bond motifs is 2. The predicted octanol–water partition coefficient (Wildman–Crippen LogP) is 4.06. The maximum Gasteiger partial charge on any atom is 0.311 e. The summed E-state index contributed by atoms with van der Waals surface area (Å²) < 4.78 is 5.85. The van der Waals surface area contributed by atoms with Gasteiger partial charge in [-0.25, -0.2) is 0 Å². The second-order valence-corrected chi connectivity index (χ2v) is 11.0. The van der Waals surface area contributed by atoms with Crippen LogP contribution in [0.1, 0.15) is 38.7 Å². The number of aryl methyl sites for hydroxylation is 1. The smallest absolute Gasteiger partial charge is 0.311 e. The minimum absolute atomic E-state index is 0.113. The monoisotopic (exact) mass is 458 g/mol. The fourth-order valence-electron chi connectivity index (χ4n) is 6.65. The van der Waals surface area contributed by atoms with Gasteiger partial charge in [-0.1, -0.05) is 43.2 Å². The summed E-state index contributed by atoms with van der Waals surface area (Å²) in [5, 5.41) is 12.3. The topological polar surface area (TPSA) is 53.0 Å². The average Bonchev–Trinajstić information content (AvgIpc) is 3.08. The molecule has 2 aliphatic heterocycles. The van der Waals surface area contributed by atoms with Gasteiger partial charge in [-0.05, 0) is 43.4 Å². The number of allylic oxidation sites excluding steroid dienone is 1. The largest absolute Gasteiger partial charge is 0.461 e. The molecule has 5 rings (SSSR count). The van der Waals surface area contributed by atoms with Gasteiger partial charge in [-0.3, -0.25) is 9.69 Å². The maximum absolute atomic E-state index is 12.9. The molecule has 2 heterocycles. The summed E-state index contributed by atoms with van der Waals surface area (Å²) in [6.45, 7) is 10.8. The highest BCUT2D eigenvalue weighted by atomic mass is 35.5. The minimum atomic E-state index is -0.533. The Morgan fingerprint density at radius 1 is 1.25 bits per heavy atom. The van der Waals surface area contributed by atoms with Crippen LogP contribution in [-0.2, 0) is 9.53 Å². The summed E-state index contributed by atoms with van der Waals surface area (Å²) in [6.07, 6.45) is 4.52. The zero-order valence-electron chi connectivity index (χ0n) is 19.4. The van der Waals surface area contributed by atoms with Crippen LogP contribution in [0.2, 0.25) is 5.02 Å². The van der Waals surface area contributed by atoms with E-state index in [1.54, 1.807) is 0 Å². The Morgan fingerprint density at radius 2 is 2.00 bits per heavy atom. The third-order valence-corrected chi connectivity index (χ3v) is 9.14. The molecule has 6 heteroatoms. The summed E-state index contributed by atoms with van der Waals surface area (Å²) in [5.41, 5.74) is 3.48. The highest BCUT2D eigenvalue weighted by Crippen LogP contribution is 2.56. The number of piperazine rings is 1. The number of ether oxygens (including phenoxy) is 1. The molecule has 5 nitrogen and oxygen atoms in total. The summed E-state index contributed by atoms with van der Waals surface area (Å²) in [4.78, 5) is 17.7. The van der Waals surface area contributed by atoms with E-state index in [2.05, 4.69) is 42.7 Å². The molecule has 2 saturated heterocycles. The van der Waals surface area contributed by atoms with Crippen LogP contribution in [0.4, 0.5) is 5.69 Å². The van der Waals surface area contributed by atoms with Gasteiger partial charge in [0.15, 0.2) is 0 Å². The molecule has 0 aromatic heterocycles. The lowest BCUT2D eigenvalue weighted by Gasteiger charge is -2.52. The third-order valence-electron chi connectivity index (χ3n) is 8.91. The molecular weight excluding hydrogens is 424 g/mol. The van der Waals surface area contributed by atoms with E-state index >= 15 is 0 Å². The third kappa shape index (κ3) is 3.57. The number of aliphatic hydroxyl groups excluding tert-OH is 1. The van der Waals surface area contributed by atoms with Gasteiger partial charge in [0.1, 0.15) is 6.10 Å². The second kappa shape index (κ2) is 8.34. The van der Waals surface area contributed by atoms with E-state index in [4.69, 9.17) is 16.3 Å². The Balaban J connectivity index is 1.28. The van der Waals surface area contributed by atoms with Crippen molar-refractivity contribution in [3.8, 4) is 0 Å². The van der Waals surface area contributed by atoms with E-state index in [1.165, 1.54) is 16.8 Å². The van der Waals surface area contributed by atoms with Crippen LogP contribution in [0.3, 0.4) is 0 Å². The van der Waals surface area contributed by atoms with Crippen LogP contribution in [-0.4, -0.2) is 60.9 Å². The first-order valence-corrected chi connectivity index (χ1v) is 12.5. The summed E-state index contributed by atoms with van der Waals surface area (Å²) in [7, 11) is 0. The van der Waals surface area contributed by atoms with Crippen LogP contribution >= 0.6 is 11.6 Å². The van der Waals surface area contributed by atoms with Crippen molar-refractivity contribution in [3.05, 3.63) is 40.4 Å². The average molecular weight is 459 g/mol. The van der Waals surface area contributed by atoms with Gasteiger partial charge in [0.05, 0.1) is 12.0 Å². The van der Waals surface area contributed by atoms with Gasteiger partial charge in [0.2, 0.25) is 0 Å². The van der Waals surface area contributed by atoms with E-state index in [0.717, 1.165) is 50.5 Å². The number of hydrogen-bond donors (Lipinski definition) is 1. The Morgan fingerprint density at radius 3 is 2.75 bits per heavy atom. The highest BCUT2D eigenvalue weighted by molar-refractivity contribution is 6.30. The van der Waals surface area contributed by atoms with Crippen LogP contribution in [0.5, 0.6) is 0 Å². The van der Waals surface area contributed by atoms with Crippen LogP contribution < -0.4 is 4.90 Å². The molecular formula is C26H35ClN2O3. The fourth-order valence-corrected chi connectivity index (χ4v) is 6.81. The lowest BCUT2D eigenvalue weighted by atomic mass is 9.55. The number of hydrogen-bond acceptors (Lipinski definition) is 5. The lowest BCUT2D eigenvalue weighted by Crippen LogP contribution is -2.55. The molecule has 0 amide bonds. The Hall–Kier alpha value is -1.56. The van der Waals surface area contributed by atoms with Crippen molar-refractivity contribution in [2.24, 2.45) is 23.2 Å². The molecule has 0 radical (unpaired) electrons. The van der Waals surface area contributed by atoms with Crippen LogP contribution in [0, 0.1) is 30.1 Å². The van der Waals surface area contributed by atoms with Gasteiger partial charge >= 0.3 is 5.97 Å². The van der Waals surface area contributed by atoms with Crippen molar-refractivity contribution in [3.63, 3.8) is 0 Å². The van der Waals surface area contributed by atoms with Crippen molar-refractivity contribution >= 4 is 23.3 Å². The van der Waals surface area contributed by atoms with E-state index in [0.29, 0.717) is 12.5 Å². The van der Waals surface area contributed by atoms with Gasteiger partial charge < -0.3 is 14.7 Å². The molecule has 2 aliphatic carbocycles. The van der Waals surface area contributed by atoms with Crippen molar-refractivity contribution in [1.29, 1.82) is 0 Å². The molecule has 32 heavy (non-hydrogen) atoms. The molecule has 6 atom stereocenters. The van der Waals surface area contributed by atoms with E-state index in [1.807, 2.05) is 12.1 Å². The van der Waals surface area contributed by atoms with Gasteiger partial charge in [0.25, 0.3) is 0 Å². The van der Waals surface area contributed by atoms with E-state index in [-0.39, 0.29) is 29.3 Å². The summed E-state index contributed by atoms with van der Waals surface area (Å²) in [6, 6.07) is 6.04. The predicted molar refractivity (Wildman–Crippen MR) is 127 cm³/mol. The van der Waals surface area contributed by atoms with E-state index in [9.17, 15) is 9.90 Å². The minimum Gasteiger partial charge on any atom is -0.461 e.